The predicted octanol–water partition coefficient (Wildman–Crippen LogP) is 4.89. The molecule has 0 N–H and O–H groups in total. The Hall–Kier alpha value is 1.90. The van der Waals surface area contributed by atoms with E-state index in [9.17, 15) is 8.42 Å². The molecule has 1 aliphatic carbocycles. The van der Waals surface area contributed by atoms with E-state index in [1.165, 1.54) is 3.71 Å². The number of nitrogens with zero attached hydrogens (tertiary/aromatic N) is 1. The first-order valence-electron chi connectivity index (χ1n) is 5.64. The van der Waals surface area contributed by atoms with Crippen LogP contribution in [0.3, 0.4) is 0 Å². The second-order valence-electron chi connectivity index (χ2n) is 4.23. The third-order valence-corrected chi connectivity index (χ3v) is 9.53. The Morgan fingerprint density at radius 2 is 1.79 bits per heavy atom. The molecule has 1 saturated carbocycles. The van der Waals surface area contributed by atoms with Crippen LogP contribution >= 0.6 is 74.3 Å². The number of rotatable bonds is 5. The van der Waals surface area contributed by atoms with Crippen LogP contribution in [0.5, 0.6) is 0 Å². The van der Waals surface area contributed by atoms with Crippen molar-refractivity contribution in [1.29, 1.82) is 0 Å². The lowest BCUT2D eigenvalue weighted by molar-refractivity contribution is 0.346. The van der Waals surface area contributed by atoms with Gasteiger partial charge in [-0.15, -0.1) is 15.3 Å². The predicted molar refractivity (Wildman–Crippen MR) is 88.9 cm³/mol. The molecule has 0 amide bonds. The molecule has 19 heavy (non-hydrogen) atoms. The molecule has 114 valence electrons. The molecular formula is C9H14BrCl4NO2S2. The van der Waals surface area contributed by atoms with Gasteiger partial charge < -0.3 is 0 Å². The number of halogens is 5. The molecule has 1 rings (SSSR count). The van der Waals surface area contributed by atoms with Gasteiger partial charge in [-0.1, -0.05) is 70.0 Å². The molecule has 1 aliphatic rings. The third kappa shape index (κ3) is 5.89. The molecule has 0 bridgehead atoms. The van der Waals surface area contributed by atoms with Crippen LogP contribution in [0.1, 0.15) is 32.1 Å². The van der Waals surface area contributed by atoms with Gasteiger partial charge in [0, 0.05) is 6.04 Å². The summed E-state index contributed by atoms with van der Waals surface area (Å²) in [4.78, 5) is 0. The summed E-state index contributed by atoms with van der Waals surface area (Å²) in [5.74, 6) is 0. The van der Waals surface area contributed by atoms with Crippen molar-refractivity contribution in [3.05, 3.63) is 0 Å². The Labute approximate surface area is 147 Å². The molecule has 0 spiro atoms. The number of sulfonamides is 1. The second-order valence-corrected chi connectivity index (χ2v) is 11.8. The fraction of sp³-hybridized carbons (Fsp3) is 1.00. The van der Waals surface area contributed by atoms with Crippen molar-refractivity contribution in [1.82, 2.24) is 3.71 Å². The molecule has 1 atom stereocenters. The Morgan fingerprint density at radius 1 is 1.26 bits per heavy atom. The minimum Gasteiger partial charge on any atom is -0.210 e. The Kier molecular flexibility index (Phi) is 7.93. The van der Waals surface area contributed by atoms with Gasteiger partial charge in [-0.05, 0) is 24.8 Å². The molecule has 1 fully saturated rings. The monoisotopic (exact) mass is 451 g/mol. The zero-order valence-electron chi connectivity index (χ0n) is 9.87. The van der Waals surface area contributed by atoms with Crippen LogP contribution in [-0.4, -0.2) is 31.3 Å². The summed E-state index contributed by atoms with van der Waals surface area (Å²) in [5, 5.41) is 0. The van der Waals surface area contributed by atoms with Gasteiger partial charge >= 0.3 is 0 Å². The van der Waals surface area contributed by atoms with Gasteiger partial charge in [0.2, 0.25) is 13.8 Å². The maximum atomic E-state index is 12.1. The van der Waals surface area contributed by atoms with E-state index in [0.29, 0.717) is 0 Å². The summed E-state index contributed by atoms with van der Waals surface area (Å²) in [5.41, 5.74) is 0. The quantitative estimate of drug-likeness (QED) is 0.439. The van der Waals surface area contributed by atoms with Crippen molar-refractivity contribution in [3.8, 4) is 0 Å². The average molecular weight is 454 g/mol. The van der Waals surface area contributed by atoms with Gasteiger partial charge in [0.25, 0.3) is 0 Å². The van der Waals surface area contributed by atoms with E-state index in [1.807, 2.05) is 0 Å². The molecule has 0 aliphatic heterocycles. The Bertz CT molecular complexity index is 384. The van der Waals surface area contributed by atoms with Crippen molar-refractivity contribution in [3.63, 3.8) is 0 Å². The van der Waals surface area contributed by atoms with E-state index in [1.54, 1.807) is 0 Å². The largest absolute Gasteiger partial charge is 0.233 e. The minimum atomic E-state index is -3.46. The highest BCUT2D eigenvalue weighted by Gasteiger charge is 2.39. The van der Waals surface area contributed by atoms with Crippen molar-refractivity contribution < 1.29 is 8.42 Å². The summed E-state index contributed by atoms with van der Waals surface area (Å²) in [7, 11) is -3.46. The van der Waals surface area contributed by atoms with Gasteiger partial charge in [-0.3, -0.25) is 0 Å². The highest BCUT2D eigenvalue weighted by molar-refractivity contribution is 9.10. The molecule has 0 aromatic rings. The first-order chi connectivity index (χ1) is 8.68. The van der Waals surface area contributed by atoms with Gasteiger partial charge in [0.05, 0.1) is 0 Å². The van der Waals surface area contributed by atoms with Crippen LogP contribution in [0.15, 0.2) is 0 Å². The van der Waals surface area contributed by atoms with Gasteiger partial charge in [0.1, 0.15) is 9.37 Å². The maximum absolute atomic E-state index is 12.1. The van der Waals surface area contributed by atoms with Crippen LogP contribution in [0.25, 0.3) is 0 Å². The van der Waals surface area contributed by atoms with E-state index in [0.717, 1.165) is 44.1 Å². The molecule has 0 saturated heterocycles. The summed E-state index contributed by atoms with van der Waals surface area (Å²) in [6.07, 6.45) is 4.74. The normalized spacial score (nSPS) is 20.7. The first kappa shape index (κ1) is 18.9. The van der Waals surface area contributed by atoms with E-state index in [2.05, 4.69) is 15.9 Å². The lowest BCUT2D eigenvalue weighted by Crippen LogP contribution is -2.39. The van der Waals surface area contributed by atoms with Crippen LogP contribution in [0.2, 0.25) is 0 Å². The summed E-state index contributed by atoms with van der Waals surface area (Å²) < 4.78 is 22.7. The van der Waals surface area contributed by atoms with E-state index >= 15 is 0 Å². The molecule has 0 aromatic heterocycles. The lowest BCUT2D eigenvalue weighted by Gasteiger charge is -2.34. The topological polar surface area (TPSA) is 37.4 Å². The van der Waals surface area contributed by atoms with Crippen molar-refractivity contribution >= 4 is 84.3 Å². The Balaban J connectivity index is 2.87. The van der Waals surface area contributed by atoms with Gasteiger partial charge in [-0.25, -0.2) is 8.42 Å². The zero-order valence-corrected chi connectivity index (χ0v) is 16.1. The molecular weight excluding hydrogens is 440 g/mol. The maximum Gasteiger partial charge on any atom is 0.233 e. The highest BCUT2D eigenvalue weighted by atomic mass is 79.9. The molecule has 0 heterocycles. The highest BCUT2D eigenvalue weighted by Crippen LogP contribution is 2.44. The number of alkyl halides is 5. The lowest BCUT2D eigenvalue weighted by atomic mass is 9.96. The van der Waals surface area contributed by atoms with E-state index in [4.69, 9.17) is 46.4 Å². The van der Waals surface area contributed by atoms with E-state index in [-0.39, 0.29) is 10.7 Å². The smallest absolute Gasteiger partial charge is 0.210 e. The summed E-state index contributed by atoms with van der Waals surface area (Å²) in [6, 6.07) is -0.0881. The van der Waals surface area contributed by atoms with Gasteiger partial charge in [0.15, 0.2) is 0 Å². The SMILES string of the molecule is O=S(=O)(CBr)N(SC(Cl)C(Cl)(Cl)Cl)C1CCCCC1. The van der Waals surface area contributed by atoms with Crippen LogP contribution in [0.4, 0.5) is 0 Å². The van der Waals surface area contributed by atoms with E-state index < -0.39 is 18.5 Å². The van der Waals surface area contributed by atoms with Crippen molar-refractivity contribution in [2.75, 3.05) is 4.66 Å². The second kappa shape index (κ2) is 7.95. The number of hydrogen-bond donors (Lipinski definition) is 0. The molecule has 3 nitrogen and oxygen atoms in total. The summed E-state index contributed by atoms with van der Waals surface area (Å²) >= 11 is 27.0. The number of hydrogen-bond acceptors (Lipinski definition) is 3. The first-order valence-corrected chi connectivity index (χ1v) is 10.8. The average Bonchev–Trinajstić information content (AvgIpc) is 2.35. The molecule has 10 heteroatoms. The fourth-order valence-electron chi connectivity index (χ4n) is 1.87. The zero-order chi connectivity index (χ0) is 14.7. The summed E-state index contributed by atoms with van der Waals surface area (Å²) in [6.45, 7) is 0. The van der Waals surface area contributed by atoms with Crippen LogP contribution < -0.4 is 0 Å². The Morgan fingerprint density at radius 3 is 2.21 bits per heavy atom. The van der Waals surface area contributed by atoms with Crippen molar-refractivity contribution in [2.45, 2.75) is 46.6 Å². The van der Waals surface area contributed by atoms with Gasteiger partial charge in [-0.2, -0.15) is 0 Å². The fourth-order valence-corrected chi connectivity index (χ4v) is 6.08. The molecule has 0 radical (unpaired) electrons. The van der Waals surface area contributed by atoms with Crippen molar-refractivity contribution in [2.24, 2.45) is 0 Å². The molecule has 1 unspecified atom stereocenters. The molecule has 0 aromatic carbocycles. The van der Waals surface area contributed by atoms with Crippen LogP contribution in [-0.2, 0) is 10.0 Å². The van der Waals surface area contributed by atoms with Crippen LogP contribution in [0, 0.1) is 0 Å². The standard InChI is InChI=1S/C9H14BrCl4NO2S2/c10-6-19(16,17)15(7-4-2-1-3-5-7)18-8(11)9(12,13)14/h7-8H,1-6H2. The third-order valence-electron chi connectivity index (χ3n) is 2.74. The minimum absolute atomic E-state index is 0.0881.